The van der Waals surface area contributed by atoms with Crippen LogP contribution in [0.5, 0.6) is 0 Å². The van der Waals surface area contributed by atoms with Gasteiger partial charge in [0.25, 0.3) is 0 Å². The Bertz CT molecular complexity index is 560. The molecule has 1 atom stereocenters. The summed E-state index contributed by atoms with van der Waals surface area (Å²) in [6, 6.07) is 5.36. The van der Waals surface area contributed by atoms with Crippen LogP contribution < -0.4 is 10.6 Å². The van der Waals surface area contributed by atoms with Crippen LogP contribution in [0.25, 0.3) is 10.9 Å². The number of hydrogen-bond acceptors (Lipinski definition) is 4. The van der Waals surface area contributed by atoms with Gasteiger partial charge in [0.15, 0.2) is 0 Å². The number of fused-ring (bicyclic) bond motifs is 1. The topological polar surface area (TPSA) is 79.0 Å². The number of ether oxygens (including phenoxy) is 1. The molecule has 1 aliphatic rings. The molecule has 3 rings (SSSR count). The van der Waals surface area contributed by atoms with Crippen LogP contribution in [0.1, 0.15) is 0 Å². The van der Waals surface area contributed by atoms with Crippen LogP contribution >= 0.6 is 0 Å². The molecular weight excluding hydrogens is 232 g/mol. The zero-order valence-electron chi connectivity index (χ0n) is 9.77. The van der Waals surface area contributed by atoms with E-state index in [1.54, 1.807) is 6.20 Å². The number of morpholine rings is 1. The monoisotopic (exact) mass is 246 g/mol. The minimum Gasteiger partial charge on any atom is -0.378 e. The molecule has 1 aromatic carbocycles. The zero-order chi connectivity index (χ0) is 12.4. The average Bonchev–Trinajstić information content (AvgIpc) is 2.87. The number of hydrogen-bond donors (Lipinski definition) is 3. The third-order valence-corrected chi connectivity index (χ3v) is 2.95. The van der Waals surface area contributed by atoms with E-state index in [9.17, 15) is 4.79 Å². The van der Waals surface area contributed by atoms with E-state index in [2.05, 4.69) is 20.8 Å². The lowest BCUT2D eigenvalue weighted by Crippen LogP contribution is -2.48. The third kappa shape index (κ3) is 2.20. The molecule has 0 aliphatic carbocycles. The van der Waals surface area contributed by atoms with Crippen molar-refractivity contribution < 1.29 is 9.53 Å². The summed E-state index contributed by atoms with van der Waals surface area (Å²) in [6.07, 6.45) is 1.75. The van der Waals surface area contributed by atoms with E-state index >= 15 is 0 Å². The maximum Gasteiger partial charge on any atom is 0.243 e. The highest BCUT2D eigenvalue weighted by atomic mass is 16.5. The molecule has 1 fully saturated rings. The molecule has 1 aliphatic heterocycles. The van der Waals surface area contributed by atoms with Gasteiger partial charge in [0, 0.05) is 17.6 Å². The smallest absolute Gasteiger partial charge is 0.243 e. The molecule has 94 valence electrons. The van der Waals surface area contributed by atoms with Crippen molar-refractivity contribution in [2.75, 3.05) is 25.1 Å². The number of nitrogens with zero attached hydrogens (tertiary/aromatic N) is 1. The quantitative estimate of drug-likeness (QED) is 0.720. The minimum atomic E-state index is -0.281. The van der Waals surface area contributed by atoms with Crippen LogP contribution in [-0.4, -0.2) is 41.9 Å². The predicted molar refractivity (Wildman–Crippen MR) is 67.3 cm³/mol. The van der Waals surface area contributed by atoms with Gasteiger partial charge in [0.05, 0.1) is 24.9 Å². The number of carbonyl (C=O) groups excluding carboxylic acids is 1. The maximum atomic E-state index is 12.0. The first-order chi connectivity index (χ1) is 8.83. The van der Waals surface area contributed by atoms with Gasteiger partial charge in [0.1, 0.15) is 6.04 Å². The van der Waals surface area contributed by atoms with Crippen LogP contribution in [0.15, 0.2) is 24.4 Å². The maximum absolute atomic E-state index is 12.0. The first kappa shape index (κ1) is 11.2. The van der Waals surface area contributed by atoms with Crippen molar-refractivity contribution in [3.8, 4) is 0 Å². The van der Waals surface area contributed by atoms with Gasteiger partial charge in [-0.2, -0.15) is 5.10 Å². The molecule has 2 heterocycles. The Hall–Kier alpha value is -1.92. The standard InChI is InChI=1S/C12H14N4O2/c17-12(11-7-18-4-3-13-11)15-9-2-1-8-6-14-16-10(8)5-9/h1-2,5-6,11,13H,3-4,7H2,(H,14,16)(H,15,17). The summed E-state index contributed by atoms with van der Waals surface area (Å²) in [6.45, 7) is 1.78. The fourth-order valence-electron chi connectivity index (χ4n) is 1.98. The molecule has 1 amide bonds. The number of amides is 1. The van der Waals surface area contributed by atoms with E-state index in [1.807, 2.05) is 18.2 Å². The Morgan fingerprint density at radius 1 is 1.50 bits per heavy atom. The molecule has 1 saturated heterocycles. The number of aromatic nitrogens is 2. The van der Waals surface area contributed by atoms with Crippen molar-refractivity contribution >= 4 is 22.5 Å². The van der Waals surface area contributed by atoms with Gasteiger partial charge >= 0.3 is 0 Å². The van der Waals surface area contributed by atoms with Crippen molar-refractivity contribution in [3.63, 3.8) is 0 Å². The highest BCUT2D eigenvalue weighted by Crippen LogP contribution is 2.16. The van der Waals surface area contributed by atoms with E-state index in [1.165, 1.54) is 0 Å². The lowest BCUT2D eigenvalue weighted by molar-refractivity contribution is -0.120. The number of nitrogens with one attached hydrogen (secondary N) is 3. The Balaban J connectivity index is 1.72. The Morgan fingerprint density at radius 3 is 3.28 bits per heavy atom. The van der Waals surface area contributed by atoms with Crippen molar-refractivity contribution in [3.05, 3.63) is 24.4 Å². The molecule has 0 radical (unpaired) electrons. The third-order valence-electron chi connectivity index (χ3n) is 2.95. The van der Waals surface area contributed by atoms with Gasteiger partial charge in [-0.05, 0) is 18.2 Å². The highest BCUT2D eigenvalue weighted by Gasteiger charge is 2.21. The summed E-state index contributed by atoms with van der Waals surface area (Å²) in [7, 11) is 0. The summed E-state index contributed by atoms with van der Waals surface area (Å²) in [5.74, 6) is -0.0754. The molecule has 18 heavy (non-hydrogen) atoms. The first-order valence-corrected chi connectivity index (χ1v) is 5.88. The van der Waals surface area contributed by atoms with Gasteiger partial charge in [-0.25, -0.2) is 0 Å². The fourth-order valence-corrected chi connectivity index (χ4v) is 1.98. The number of H-pyrrole nitrogens is 1. The minimum absolute atomic E-state index is 0.0754. The molecule has 0 saturated carbocycles. The fraction of sp³-hybridized carbons (Fsp3) is 0.333. The van der Waals surface area contributed by atoms with Crippen molar-refractivity contribution in [2.24, 2.45) is 0 Å². The van der Waals surface area contributed by atoms with Crippen LogP contribution in [0, 0.1) is 0 Å². The molecule has 0 bridgehead atoms. The van der Waals surface area contributed by atoms with Gasteiger partial charge in [-0.15, -0.1) is 0 Å². The molecular formula is C12H14N4O2. The van der Waals surface area contributed by atoms with Crippen molar-refractivity contribution in [1.29, 1.82) is 0 Å². The number of carbonyl (C=O) groups is 1. The molecule has 1 aromatic heterocycles. The van der Waals surface area contributed by atoms with E-state index in [0.717, 1.165) is 16.6 Å². The van der Waals surface area contributed by atoms with Gasteiger partial charge in [0.2, 0.25) is 5.91 Å². The van der Waals surface area contributed by atoms with Crippen molar-refractivity contribution in [1.82, 2.24) is 15.5 Å². The molecule has 1 unspecified atom stereocenters. The van der Waals surface area contributed by atoms with Crippen LogP contribution in [0.4, 0.5) is 5.69 Å². The molecule has 6 nitrogen and oxygen atoms in total. The highest BCUT2D eigenvalue weighted by molar-refractivity contribution is 5.96. The van der Waals surface area contributed by atoms with Crippen LogP contribution in [-0.2, 0) is 9.53 Å². The second-order valence-electron chi connectivity index (χ2n) is 4.24. The van der Waals surface area contributed by atoms with E-state index in [4.69, 9.17) is 4.74 Å². The SMILES string of the molecule is O=C(Nc1ccc2cn[nH]c2c1)C1COCCN1. The summed E-state index contributed by atoms with van der Waals surface area (Å²) in [4.78, 5) is 12.0. The number of rotatable bonds is 2. The molecule has 2 aromatic rings. The van der Waals surface area contributed by atoms with E-state index in [0.29, 0.717) is 19.8 Å². The second-order valence-corrected chi connectivity index (χ2v) is 4.24. The largest absolute Gasteiger partial charge is 0.378 e. The van der Waals surface area contributed by atoms with Crippen molar-refractivity contribution in [2.45, 2.75) is 6.04 Å². The Labute approximate surface area is 104 Å². The summed E-state index contributed by atoms with van der Waals surface area (Å²) >= 11 is 0. The molecule has 3 N–H and O–H groups in total. The Kier molecular flexibility index (Phi) is 2.95. The lowest BCUT2D eigenvalue weighted by Gasteiger charge is -2.22. The van der Waals surface area contributed by atoms with Gasteiger partial charge in [-0.1, -0.05) is 0 Å². The second kappa shape index (κ2) is 4.75. The predicted octanol–water partition coefficient (Wildman–Crippen LogP) is 0.490. The van der Waals surface area contributed by atoms with Gasteiger partial charge < -0.3 is 15.4 Å². The average molecular weight is 246 g/mol. The van der Waals surface area contributed by atoms with Gasteiger partial charge in [-0.3, -0.25) is 9.89 Å². The first-order valence-electron chi connectivity index (χ1n) is 5.88. The Morgan fingerprint density at radius 2 is 2.44 bits per heavy atom. The summed E-state index contributed by atoms with van der Waals surface area (Å²) < 4.78 is 5.26. The normalized spacial score (nSPS) is 19.9. The van der Waals surface area contributed by atoms with Crippen LogP contribution in [0.2, 0.25) is 0 Å². The number of anilines is 1. The molecule has 0 spiro atoms. The number of aromatic amines is 1. The summed E-state index contributed by atoms with van der Waals surface area (Å²) in [5, 5.41) is 13.8. The van der Waals surface area contributed by atoms with Crippen LogP contribution in [0.3, 0.4) is 0 Å². The van der Waals surface area contributed by atoms with E-state index < -0.39 is 0 Å². The lowest BCUT2D eigenvalue weighted by atomic mass is 10.2. The number of benzene rings is 1. The zero-order valence-corrected chi connectivity index (χ0v) is 9.77. The molecule has 6 heteroatoms. The summed E-state index contributed by atoms with van der Waals surface area (Å²) in [5.41, 5.74) is 1.66. The van der Waals surface area contributed by atoms with E-state index in [-0.39, 0.29) is 11.9 Å².